The molecule has 0 saturated carbocycles. The molecule has 2 aromatic rings. The molecule has 0 aliphatic carbocycles. The van der Waals surface area contributed by atoms with Gasteiger partial charge in [-0.1, -0.05) is 42.5 Å². The lowest BCUT2D eigenvalue weighted by Crippen LogP contribution is -2.46. The van der Waals surface area contributed by atoms with E-state index in [2.05, 4.69) is 17.0 Å². The number of nitrogens with zero attached hydrogens (tertiary/aromatic N) is 1. The van der Waals surface area contributed by atoms with Gasteiger partial charge >= 0.3 is 0 Å². The molecule has 134 valence electrons. The number of hydrogen-bond acceptors (Lipinski definition) is 4. The van der Waals surface area contributed by atoms with Crippen LogP contribution in [0.4, 0.5) is 4.39 Å². The van der Waals surface area contributed by atoms with E-state index in [0.29, 0.717) is 13.1 Å². The van der Waals surface area contributed by atoms with Gasteiger partial charge in [0.1, 0.15) is 12.7 Å². The molecule has 0 aromatic heterocycles. The maximum Gasteiger partial charge on any atom is 0.165 e. The SMILES string of the molecule is C[C@@H]1CN(C[C@H](O)COc2ccccc2F)C[C@H](c2ccccc2)O1. The lowest BCUT2D eigenvalue weighted by atomic mass is 10.1. The van der Waals surface area contributed by atoms with Gasteiger partial charge in [0.25, 0.3) is 0 Å². The number of morpholine rings is 1. The molecule has 1 N–H and O–H groups in total. The topological polar surface area (TPSA) is 41.9 Å². The van der Waals surface area contributed by atoms with E-state index in [9.17, 15) is 9.50 Å². The predicted octanol–water partition coefficient (Wildman–Crippen LogP) is 3.03. The molecule has 1 heterocycles. The van der Waals surface area contributed by atoms with Gasteiger partial charge in [-0.15, -0.1) is 0 Å². The standard InChI is InChI=1S/C20H24FNO3/c1-15-11-22(13-20(25-15)16-7-3-2-4-8-16)12-17(23)14-24-19-10-6-5-9-18(19)21/h2-10,15,17,20,23H,11-14H2,1H3/t15-,17+,20-/m1/s1. The van der Waals surface area contributed by atoms with E-state index in [4.69, 9.17) is 9.47 Å². The molecule has 25 heavy (non-hydrogen) atoms. The highest BCUT2D eigenvalue weighted by Crippen LogP contribution is 2.25. The minimum Gasteiger partial charge on any atom is -0.488 e. The van der Waals surface area contributed by atoms with E-state index >= 15 is 0 Å². The number of hydrogen-bond donors (Lipinski definition) is 1. The summed E-state index contributed by atoms with van der Waals surface area (Å²) in [6, 6.07) is 16.3. The average molecular weight is 345 g/mol. The maximum atomic E-state index is 13.6. The highest BCUT2D eigenvalue weighted by molar-refractivity contribution is 5.23. The molecule has 0 radical (unpaired) electrons. The summed E-state index contributed by atoms with van der Waals surface area (Å²) in [5.41, 5.74) is 1.14. The van der Waals surface area contributed by atoms with Crippen molar-refractivity contribution in [1.82, 2.24) is 4.90 Å². The zero-order chi connectivity index (χ0) is 17.6. The van der Waals surface area contributed by atoms with Gasteiger partial charge in [0, 0.05) is 19.6 Å². The third kappa shape index (κ3) is 5.01. The molecule has 1 fully saturated rings. The monoisotopic (exact) mass is 345 g/mol. The molecule has 5 heteroatoms. The Morgan fingerprint density at radius 3 is 2.64 bits per heavy atom. The minimum absolute atomic E-state index is 0.00960. The van der Waals surface area contributed by atoms with Crippen molar-refractivity contribution in [3.8, 4) is 5.75 Å². The molecule has 3 atom stereocenters. The third-order valence-corrected chi connectivity index (χ3v) is 4.24. The Morgan fingerprint density at radius 1 is 1.16 bits per heavy atom. The van der Waals surface area contributed by atoms with Gasteiger partial charge in [0.15, 0.2) is 11.6 Å². The number of halogens is 1. The van der Waals surface area contributed by atoms with Crippen LogP contribution in [-0.2, 0) is 4.74 Å². The van der Waals surface area contributed by atoms with Gasteiger partial charge in [0.05, 0.1) is 12.2 Å². The molecular formula is C20H24FNO3. The Morgan fingerprint density at radius 2 is 1.88 bits per heavy atom. The quantitative estimate of drug-likeness (QED) is 0.874. The lowest BCUT2D eigenvalue weighted by Gasteiger charge is -2.37. The molecule has 0 bridgehead atoms. The van der Waals surface area contributed by atoms with Crippen molar-refractivity contribution < 1.29 is 19.0 Å². The smallest absolute Gasteiger partial charge is 0.165 e. The van der Waals surface area contributed by atoms with Gasteiger partial charge in [-0.25, -0.2) is 4.39 Å². The van der Waals surface area contributed by atoms with Crippen LogP contribution in [0.1, 0.15) is 18.6 Å². The molecule has 0 amide bonds. The fraction of sp³-hybridized carbons (Fsp3) is 0.400. The van der Waals surface area contributed by atoms with Gasteiger partial charge in [0.2, 0.25) is 0 Å². The number of ether oxygens (including phenoxy) is 2. The Kier molecular flexibility index (Phi) is 6.02. The van der Waals surface area contributed by atoms with Crippen LogP contribution in [0.3, 0.4) is 0 Å². The molecule has 3 rings (SSSR count). The van der Waals surface area contributed by atoms with Gasteiger partial charge in [-0.2, -0.15) is 0 Å². The van der Waals surface area contributed by atoms with E-state index in [-0.39, 0.29) is 24.6 Å². The fourth-order valence-electron chi connectivity index (χ4n) is 3.14. The second-order valence-corrected chi connectivity index (χ2v) is 6.46. The number of aliphatic hydroxyl groups excluding tert-OH is 1. The molecule has 0 spiro atoms. The van der Waals surface area contributed by atoms with Gasteiger partial charge in [-0.3, -0.25) is 4.90 Å². The molecule has 0 unspecified atom stereocenters. The highest BCUT2D eigenvalue weighted by Gasteiger charge is 2.27. The largest absolute Gasteiger partial charge is 0.488 e. The summed E-state index contributed by atoms with van der Waals surface area (Å²) < 4.78 is 25.0. The molecule has 4 nitrogen and oxygen atoms in total. The van der Waals surface area contributed by atoms with Crippen LogP contribution in [0.5, 0.6) is 5.75 Å². The van der Waals surface area contributed by atoms with E-state index in [1.807, 2.05) is 25.1 Å². The van der Waals surface area contributed by atoms with Crippen molar-refractivity contribution in [3.05, 3.63) is 66.0 Å². The van der Waals surface area contributed by atoms with Crippen molar-refractivity contribution in [2.45, 2.75) is 25.2 Å². The first kappa shape index (κ1) is 17.9. The Bertz CT molecular complexity index is 667. The van der Waals surface area contributed by atoms with Crippen molar-refractivity contribution in [2.75, 3.05) is 26.2 Å². The molecular weight excluding hydrogens is 321 g/mol. The van der Waals surface area contributed by atoms with Crippen LogP contribution in [0.2, 0.25) is 0 Å². The molecule has 1 saturated heterocycles. The van der Waals surface area contributed by atoms with E-state index in [1.165, 1.54) is 6.07 Å². The lowest BCUT2D eigenvalue weighted by molar-refractivity contribution is -0.0887. The summed E-state index contributed by atoms with van der Waals surface area (Å²) in [5.74, 6) is -0.252. The average Bonchev–Trinajstić information content (AvgIpc) is 2.61. The second-order valence-electron chi connectivity index (χ2n) is 6.46. The first-order valence-corrected chi connectivity index (χ1v) is 8.60. The predicted molar refractivity (Wildman–Crippen MR) is 94.1 cm³/mol. The third-order valence-electron chi connectivity index (χ3n) is 4.24. The van der Waals surface area contributed by atoms with Crippen molar-refractivity contribution in [3.63, 3.8) is 0 Å². The van der Waals surface area contributed by atoms with Crippen LogP contribution in [0.15, 0.2) is 54.6 Å². The summed E-state index contributed by atoms with van der Waals surface area (Å²) in [5, 5.41) is 10.3. The zero-order valence-corrected chi connectivity index (χ0v) is 14.3. The minimum atomic E-state index is -0.693. The summed E-state index contributed by atoms with van der Waals surface area (Å²) in [4.78, 5) is 2.17. The first-order chi connectivity index (χ1) is 12.1. The Balaban J connectivity index is 1.53. The fourth-order valence-corrected chi connectivity index (χ4v) is 3.14. The maximum absolute atomic E-state index is 13.6. The second kappa shape index (κ2) is 8.43. The number of rotatable bonds is 6. The zero-order valence-electron chi connectivity index (χ0n) is 14.3. The van der Waals surface area contributed by atoms with Crippen molar-refractivity contribution in [1.29, 1.82) is 0 Å². The summed E-state index contributed by atoms with van der Waals surface area (Å²) in [6.45, 7) is 4.02. The summed E-state index contributed by atoms with van der Waals surface area (Å²) >= 11 is 0. The number of β-amino-alcohol motifs (C(OH)–C–C–N with tert-alkyl or cyclic N) is 1. The van der Waals surface area contributed by atoms with Crippen LogP contribution >= 0.6 is 0 Å². The van der Waals surface area contributed by atoms with E-state index < -0.39 is 11.9 Å². The first-order valence-electron chi connectivity index (χ1n) is 8.60. The molecule has 2 aromatic carbocycles. The van der Waals surface area contributed by atoms with Gasteiger partial charge < -0.3 is 14.6 Å². The van der Waals surface area contributed by atoms with E-state index in [0.717, 1.165) is 12.1 Å². The molecule has 1 aliphatic heterocycles. The summed E-state index contributed by atoms with van der Waals surface area (Å²) in [6.07, 6.45) is -0.621. The Hall–Kier alpha value is -1.95. The number of para-hydroxylation sites is 1. The van der Waals surface area contributed by atoms with Crippen molar-refractivity contribution in [2.24, 2.45) is 0 Å². The number of benzene rings is 2. The highest BCUT2D eigenvalue weighted by atomic mass is 19.1. The summed E-state index contributed by atoms with van der Waals surface area (Å²) in [7, 11) is 0. The van der Waals surface area contributed by atoms with Crippen LogP contribution < -0.4 is 4.74 Å². The van der Waals surface area contributed by atoms with Crippen LogP contribution in [-0.4, -0.2) is 48.5 Å². The van der Waals surface area contributed by atoms with E-state index in [1.54, 1.807) is 18.2 Å². The molecule has 1 aliphatic rings. The van der Waals surface area contributed by atoms with Crippen LogP contribution in [0, 0.1) is 5.82 Å². The van der Waals surface area contributed by atoms with Crippen LogP contribution in [0.25, 0.3) is 0 Å². The van der Waals surface area contributed by atoms with Crippen molar-refractivity contribution >= 4 is 0 Å². The number of aliphatic hydroxyl groups is 1. The Labute approximate surface area is 147 Å². The normalized spacial score (nSPS) is 22.5. The van der Waals surface area contributed by atoms with Gasteiger partial charge in [-0.05, 0) is 24.6 Å².